The fraction of sp³-hybridized carbons (Fsp3) is 0.600. The number of methoxy groups -OCH3 is 1. The minimum atomic E-state index is 0.570. The summed E-state index contributed by atoms with van der Waals surface area (Å²) in [6.45, 7) is 4.81. The molecule has 1 unspecified atom stereocenters. The van der Waals surface area contributed by atoms with Crippen molar-refractivity contribution in [2.75, 3.05) is 51.5 Å². The van der Waals surface area contributed by atoms with Crippen LogP contribution in [0.5, 0.6) is 0 Å². The van der Waals surface area contributed by atoms with E-state index in [0.29, 0.717) is 19.1 Å². The zero-order valence-electron chi connectivity index (χ0n) is 11.7. The maximum absolute atomic E-state index is 5.71. The molecule has 2 N–H and O–H groups in total. The predicted octanol–water partition coefficient (Wildman–Crippen LogP) is 1.60. The van der Waals surface area contributed by atoms with Gasteiger partial charge in [-0.25, -0.2) is 0 Å². The van der Waals surface area contributed by atoms with Crippen molar-refractivity contribution < 1.29 is 9.47 Å². The predicted molar refractivity (Wildman–Crippen MR) is 77.8 cm³/mol. The van der Waals surface area contributed by atoms with E-state index in [2.05, 4.69) is 29.2 Å². The number of anilines is 1. The van der Waals surface area contributed by atoms with E-state index in [4.69, 9.17) is 15.2 Å². The zero-order chi connectivity index (χ0) is 13.5. The normalized spacial score (nSPS) is 17.8. The van der Waals surface area contributed by atoms with E-state index in [1.807, 2.05) is 0 Å². The Labute approximate surface area is 115 Å². The Hall–Kier alpha value is -1.10. The largest absolute Gasteiger partial charge is 0.382 e. The molecule has 1 aromatic rings. The number of para-hydroxylation sites is 1. The summed E-state index contributed by atoms with van der Waals surface area (Å²) >= 11 is 0. The Kier molecular flexibility index (Phi) is 5.63. The van der Waals surface area contributed by atoms with Gasteiger partial charge in [-0.15, -0.1) is 0 Å². The van der Waals surface area contributed by atoms with Crippen molar-refractivity contribution in [3.05, 3.63) is 29.8 Å². The van der Waals surface area contributed by atoms with Crippen molar-refractivity contribution in [1.82, 2.24) is 0 Å². The second kappa shape index (κ2) is 7.48. The van der Waals surface area contributed by atoms with Gasteiger partial charge in [0.15, 0.2) is 0 Å². The first kappa shape index (κ1) is 14.3. The van der Waals surface area contributed by atoms with Crippen molar-refractivity contribution in [2.24, 2.45) is 5.73 Å². The fourth-order valence-electron chi connectivity index (χ4n) is 2.66. The smallest absolute Gasteiger partial charge is 0.0701 e. The van der Waals surface area contributed by atoms with E-state index in [-0.39, 0.29) is 0 Å². The molecule has 0 fully saturated rings. The van der Waals surface area contributed by atoms with Gasteiger partial charge in [0.05, 0.1) is 19.8 Å². The van der Waals surface area contributed by atoms with Gasteiger partial charge in [0.1, 0.15) is 0 Å². The SMILES string of the molecule is COCCOCCN1CC(CCN)c2ccccc21. The molecule has 1 aromatic carbocycles. The minimum absolute atomic E-state index is 0.570. The number of fused-ring (bicyclic) bond motifs is 1. The molecule has 19 heavy (non-hydrogen) atoms. The third kappa shape index (κ3) is 3.69. The number of benzene rings is 1. The van der Waals surface area contributed by atoms with E-state index in [9.17, 15) is 0 Å². The molecule has 0 spiro atoms. The molecule has 106 valence electrons. The molecule has 0 amide bonds. The summed E-state index contributed by atoms with van der Waals surface area (Å²) in [5.41, 5.74) is 8.49. The fourth-order valence-corrected chi connectivity index (χ4v) is 2.66. The number of hydrogen-bond acceptors (Lipinski definition) is 4. The lowest BCUT2D eigenvalue weighted by Gasteiger charge is -2.19. The Balaban J connectivity index is 1.88. The van der Waals surface area contributed by atoms with Gasteiger partial charge in [-0.1, -0.05) is 18.2 Å². The monoisotopic (exact) mass is 264 g/mol. The molecule has 0 aromatic heterocycles. The van der Waals surface area contributed by atoms with E-state index >= 15 is 0 Å². The van der Waals surface area contributed by atoms with Crippen molar-refractivity contribution in [3.63, 3.8) is 0 Å². The number of rotatable bonds is 8. The van der Waals surface area contributed by atoms with Gasteiger partial charge in [-0.3, -0.25) is 0 Å². The van der Waals surface area contributed by atoms with Gasteiger partial charge in [0.25, 0.3) is 0 Å². The van der Waals surface area contributed by atoms with Crippen molar-refractivity contribution in [2.45, 2.75) is 12.3 Å². The molecule has 1 aliphatic heterocycles. The van der Waals surface area contributed by atoms with Crippen LogP contribution in [-0.4, -0.2) is 46.6 Å². The van der Waals surface area contributed by atoms with Crippen LogP contribution in [0.1, 0.15) is 17.9 Å². The lowest BCUT2D eigenvalue weighted by Crippen LogP contribution is -2.27. The number of nitrogens with two attached hydrogens (primary N) is 1. The Morgan fingerprint density at radius 1 is 1.26 bits per heavy atom. The Morgan fingerprint density at radius 3 is 2.89 bits per heavy atom. The molecule has 1 aliphatic rings. The summed E-state index contributed by atoms with van der Waals surface area (Å²) in [4.78, 5) is 2.41. The van der Waals surface area contributed by atoms with Gasteiger partial charge >= 0.3 is 0 Å². The molecule has 1 atom stereocenters. The van der Waals surface area contributed by atoms with Crippen LogP contribution < -0.4 is 10.6 Å². The van der Waals surface area contributed by atoms with Gasteiger partial charge in [0.2, 0.25) is 0 Å². The van der Waals surface area contributed by atoms with E-state index in [1.165, 1.54) is 11.3 Å². The summed E-state index contributed by atoms with van der Waals surface area (Å²) in [6.07, 6.45) is 1.05. The van der Waals surface area contributed by atoms with Gasteiger partial charge < -0.3 is 20.1 Å². The molecule has 2 rings (SSSR count). The first-order valence-electron chi connectivity index (χ1n) is 6.97. The van der Waals surface area contributed by atoms with Gasteiger partial charge in [0, 0.05) is 31.8 Å². The van der Waals surface area contributed by atoms with Crippen LogP contribution >= 0.6 is 0 Å². The van der Waals surface area contributed by atoms with Crippen LogP contribution in [0.15, 0.2) is 24.3 Å². The highest BCUT2D eigenvalue weighted by molar-refractivity contribution is 5.60. The summed E-state index contributed by atoms with van der Waals surface area (Å²) in [5.74, 6) is 0.570. The van der Waals surface area contributed by atoms with E-state index in [1.54, 1.807) is 7.11 Å². The summed E-state index contributed by atoms with van der Waals surface area (Å²) in [5, 5.41) is 0. The van der Waals surface area contributed by atoms with Crippen LogP contribution in [0, 0.1) is 0 Å². The maximum atomic E-state index is 5.71. The minimum Gasteiger partial charge on any atom is -0.382 e. The lowest BCUT2D eigenvalue weighted by atomic mass is 9.98. The number of nitrogens with zero attached hydrogens (tertiary/aromatic N) is 1. The summed E-state index contributed by atoms with van der Waals surface area (Å²) in [6, 6.07) is 8.63. The average molecular weight is 264 g/mol. The van der Waals surface area contributed by atoms with Crippen LogP contribution in [-0.2, 0) is 9.47 Å². The summed E-state index contributed by atoms with van der Waals surface area (Å²) < 4.78 is 10.5. The third-order valence-corrected chi connectivity index (χ3v) is 3.61. The maximum Gasteiger partial charge on any atom is 0.0701 e. The summed E-state index contributed by atoms with van der Waals surface area (Å²) in [7, 11) is 1.69. The molecular weight excluding hydrogens is 240 g/mol. The molecule has 4 nitrogen and oxygen atoms in total. The zero-order valence-corrected chi connectivity index (χ0v) is 11.7. The standard InChI is InChI=1S/C15H24N2O2/c1-18-10-11-19-9-8-17-12-13(6-7-16)14-4-2-3-5-15(14)17/h2-5,13H,6-12,16H2,1H3. The van der Waals surface area contributed by atoms with Crippen LogP contribution in [0.4, 0.5) is 5.69 Å². The van der Waals surface area contributed by atoms with Crippen LogP contribution in [0.2, 0.25) is 0 Å². The molecule has 4 heteroatoms. The molecule has 1 heterocycles. The first-order valence-corrected chi connectivity index (χ1v) is 6.97. The van der Waals surface area contributed by atoms with Crippen LogP contribution in [0.3, 0.4) is 0 Å². The number of ether oxygens (including phenoxy) is 2. The van der Waals surface area contributed by atoms with Crippen LogP contribution in [0.25, 0.3) is 0 Å². The van der Waals surface area contributed by atoms with Crippen molar-refractivity contribution in [3.8, 4) is 0 Å². The molecule has 0 radical (unpaired) electrons. The second-order valence-corrected chi connectivity index (χ2v) is 4.88. The van der Waals surface area contributed by atoms with Crippen molar-refractivity contribution in [1.29, 1.82) is 0 Å². The highest BCUT2D eigenvalue weighted by Gasteiger charge is 2.26. The molecular formula is C15H24N2O2. The highest BCUT2D eigenvalue weighted by Crippen LogP contribution is 2.37. The third-order valence-electron chi connectivity index (χ3n) is 3.61. The Morgan fingerprint density at radius 2 is 2.11 bits per heavy atom. The van der Waals surface area contributed by atoms with E-state index < -0.39 is 0 Å². The van der Waals surface area contributed by atoms with Crippen molar-refractivity contribution >= 4 is 5.69 Å². The molecule has 0 aliphatic carbocycles. The number of hydrogen-bond donors (Lipinski definition) is 1. The van der Waals surface area contributed by atoms with Gasteiger partial charge in [-0.2, -0.15) is 0 Å². The highest BCUT2D eigenvalue weighted by atomic mass is 16.5. The lowest BCUT2D eigenvalue weighted by molar-refractivity contribution is 0.0741. The first-order chi connectivity index (χ1) is 9.36. The topological polar surface area (TPSA) is 47.7 Å². The molecule has 0 saturated carbocycles. The molecule has 0 saturated heterocycles. The Bertz CT molecular complexity index is 384. The average Bonchev–Trinajstić information content (AvgIpc) is 2.78. The molecule has 0 bridgehead atoms. The second-order valence-electron chi connectivity index (χ2n) is 4.88. The van der Waals surface area contributed by atoms with Gasteiger partial charge in [-0.05, 0) is 24.6 Å². The van der Waals surface area contributed by atoms with E-state index in [0.717, 1.165) is 32.7 Å². The quantitative estimate of drug-likeness (QED) is 0.725.